The summed E-state index contributed by atoms with van der Waals surface area (Å²) in [5.74, 6) is 0.0798. The van der Waals surface area contributed by atoms with Crippen LogP contribution in [-0.2, 0) is 18.6 Å². The maximum atomic E-state index is 12.7. The summed E-state index contributed by atoms with van der Waals surface area (Å²) in [6, 6.07) is 5.97. The molecule has 0 heterocycles. The van der Waals surface area contributed by atoms with Gasteiger partial charge in [0.15, 0.2) is 0 Å². The van der Waals surface area contributed by atoms with Crippen molar-refractivity contribution in [2.75, 3.05) is 19.4 Å². The molecular formula is C15H22NO6P. The molecule has 0 amide bonds. The van der Waals surface area contributed by atoms with Crippen LogP contribution in [-0.4, -0.2) is 25.3 Å². The van der Waals surface area contributed by atoms with Crippen molar-refractivity contribution in [3.8, 4) is 5.75 Å². The second-order valence-corrected chi connectivity index (χ2v) is 6.80. The van der Waals surface area contributed by atoms with Crippen molar-refractivity contribution in [1.82, 2.24) is 0 Å². The summed E-state index contributed by atoms with van der Waals surface area (Å²) in [5, 5.41) is 2.79. The molecule has 0 aromatic heterocycles. The largest absolute Gasteiger partial charge is 0.466 e. The normalized spacial score (nSPS) is 13.1. The zero-order valence-corrected chi connectivity index (χ0v) is 14.3. The van der Waals surface area contributed by atoms with Crippen LogP contribution in [0.2, 0.25) is 0 Å². The van der Waals surface area contributed by atoms with E-state index in [2.05, 4.69) is 5.18 Å². The molecule has 1 rings (SSSR count). The first-order chi connectivity index (χ1) is 11.0. The Bertz CT molecular complexity index is 545. The highest BCUT2D eigenvalue weighted by atomic mass is 31.2. The summed E-state index contributed by atoms with van der Waals surface area (Å²) >= 11 is 0. The highest BCUT2D eigenvalue weighted by molar-refractivity contribution is 7.54. The first kappa shape index (κ1) is 19.3. The molecule has 0 spiro atoms. The van der Waals surface area contributed by atoms with Crippen molar-refractivity contribution in [2.45, 2.75) is 33.1 Å². The van der Waals surface area contributed by atoms with Gasteiger partial charge in [-0.2, -0.15) is 0 Å². The molecule has 8 heteroatoms. The fourth-order valence-corrected chi connectivity index (χ4v) is 3.59. The Balaban J connectivity index is 2.54. The number of ether oxygens (including phenoxy) is 1. The molecule has 0 saturated heterocycles. The van der Waals surface area contributed by atoms with Crippen molar-refractivity contribution in [3.05, 3.63) is 29.2 Å². The van der Waals surface area contributed by atoms with Gasteiger partial charge in [0.05, 0.1) is 19.4 Å². The quantitative estimate of drug-likeness (QED) is 0.255. The Morgan fingerprint density at radius 1 is 1.13 bits per heavy atom. The van der Waals surface area contributed by atoms with E-state index in [0.717, 1.165) is 0 Å². The van der Waals surface area contributed by atoms with E-state index >= 15 is 0 Å². The second-order valence-electron chi connectivity index (χ2n) is 4.69. The third kappa shape index (κ3) is 7.39. The fourth-order valence-electron chi connectivity index (χ4n) is 1.87. The number of nitrogens with zero attached hydrogens (tertiary/aromatic N) is 1. The molecule has 0 bridgehead atoms. The number of nitroso groups, excluding NO2 is 1. The Hall–Kier alpha value is -1.72. The zero-order valence-electron chi connectivity index (χ0n) is 13.4. The molecule has 0 saturated carbocycles. The minimum Gasteiger partial charge on any atom is -0.466 e. The lowest BCUT2D eigenvalue weighted by Crippen LogP contribution is -2.06. The molecule has 128 valence electrons. The van der Waals surface area contributed by atoms with Gasteiger partial charge in [0.25, 0.3) is 0 Å². The molecule has 0 aliphatic rings. The van der Waals surface area contributed by atoms with Crippen molar-refractivity contribution in [1.29, 1.82) is 0 Å². The summed E-state index contributed by atoms with van der Waals surface area (Å²) in [4.78, 5) is 21.6. The average Bonchev–Trinajstić information content (AvgIpc) is 2.53. The van der Waals surface area contributed by atoms with Gasteiger partial charge in [0.2, 0.25) is 0 Å². The minimum absolute atomic E-state index is 0.202. The molecule has 0 radical (unpaired) electrons. The van der Waals surface area contributed by atoms with Crippen LogP contribution in [0.15, 0.2) is 29.4 Å². The van der Waals surface area contributed by atoms with E-state index in [1.54, 1.807) is 13.8 Å². The van der Waals surface area contributed by atoms with E-state index in [9.17, 15) is 14.3 Å². The number of carbonyl (C=O) groups is 1. The van der Waals surface area contributed by atoms with E-state index in [0.29, 0.717) is 25.2 Å². The van der Waals surface area contributed by atoms with E-state index in [1.807, 2.05) is 0 Å². The first-order valence-corrected chi connectivity index (χ1v) is 9.28. The molecular weight excluding hydrogens is 321 g/mol. The van der Waals surface area contributed by atoms with E-state index in [-0.39, 0.29) is 30.8 Å². The molecule has 23 heavy (non-hydrogen) atoms. The van der Waals surface area contributed by atoms with Gasteiger partial charge in [0.1, 0.15) is 11.4 Å². The summed E-state index contributed by atoms with van der Waals surface area (Å²) in [6.45, 7) is 4.09. The number of esters is 1. The lowest BCUT2D eigenvalue weighted by molar-refractivity contribution is -0.143. The van der Waals surface area contributed by atoms with Crippen LogP contribution in [0.1, 0.15) is 33.1 Å². The van der Waals surface area contributed by atoms with Gasteiger partial charge in [-0.3, -0.25) is 4.79 Å². The van der Waals surface area contributed by atoms with Gasteiger partial charge in [-0.25, -0.2) is 4.57 Å². The highest BCUT2D eigenvalue weighted by Gasteiger charge is 2.25. The predicted molar refractivity (Wildman–Crippen MR) is 87.1 cm³/mol. The van der Waals surface area contributed by atoms with E-state index < -0.39 is 7.60 Å². The molecule has 1 aromatic rings. The highest BCUT2D eigenvalue weighted by Crippen LogP contribution is 2.49. The van der Waals surface area contributed by atoms with Crippen LogP contribution >= 0.6 is 7.60 Å². The van der Waals surface area contributed by atoms with Crippen LogP contribution in [0.4, 0.5) is 5.69 Å². The molecule has 0 aliphatic carbocycles. The predicted octanol–water partition coefficient (Wildman–Crippen LogP) is 4.43. The monoisotopic (exact) mass is 343 g/mol. The van der Waals surface area contributed by atoms with Crippen molar-refractivity contribution in [3.63, 3.8) is 0 Å². The fraction of sp³-hybridized carbons (Fsp3) is 0.533. The third-order valence-corrected chi connectivity index (χ3v) is 4.89. The number of hydrogen-bond donors (Lipinski definition) is 0. The van der Waals surface area contributed by atoms with E-state index in [4.69, 9.17) is 13.8 Å². The number of hydrogen-bond acceptors (Lipinski definition) is 7. The van der Waals surface area contributed by atoms with Gasteiger partial charge >= 0.3 is 13.6 Å². The molecule has 1 aromatic carbocycles. The number of rotatable bonds is 11. The minimum atomic E-state index is -3.30. The summed E-state index contributed by atoms with van der Waals surface area (Å²) < 4.78 is 28.2. The summed E-state index contributed by atoms with van der Waals surface area (Å²) in [5.41, 5.74) is 0.262. The molecule has 0 fully saturated rings. The standard InChI is InChI=1S/C15H22NO6P/c1-3-20-15(17)7-5-6-12-23(19,21-4-2)22-14-10-8-13(16-18)9-11-14/h8-11H,3-7,12H2,1-2H3. The van der Waals surface area contributed by atoms with Gasteiger partial charge in [-0.15, -0.1) is 4.91 Å². The maximum absolute atomic E-state index is 12.7. The second kappa shape index (κ2) is 10.1. The Kier molecular flexibility index (Phi) is 8.51. The molecule has 0 aliphatic heterocycles. The average molecular weight is 343 g/mol. The van der Waals surface area contributed by atoms with Gasteiger partial charge < -0.3 is 13.8 Å². The zero-order chi connectivity index (χ0) is 17.1. The van der Waals surface area contributed by atoms with Crippen molar-refractivity contribution < 1.29 is 23.1 Å². The van der Waals surface area contributed by atoms with Gasteiger partial charge in [-0.05, 0) is 56.1 Å². The lowest BCUT2D eigenvalue weighted by Gasteiger charge is -2.18. The molecule has 7 nitrogen and oxygen atoms in total. The Morgan fingerprint density at radius 3 is 2.39 bits per heavy atom. The topological polar surface area (TPSA) is 91.3 Å². The summed E-state index contributed by atoms with van der Waals surface area (Å²) in [6.07, 6.45) is 1.55. The lowest BCUT2D eigenvalue weighted by atomic mass is 10.2. The smallest absolute Gasteiger partial charge is 0.379 e. The number of benzene rings is 1. The molecule has 0 N–H and O–H groups in total. The first-order valence-electron chi connectivity index (χ1n) is 7.55. The van der Waals surface area contributed by atoms with Crippen LogP contribution in [0.5, 0.6) is 5.75 Å². The van der Waals surface area contributed by atoms with Crippen LogP contribution in [0.3, 0.4) is 0 Å². The maximum Gasteiger partial charge on any atom is 0.379 e. The van der Waals surface area contributed by atoms with Crippen LogP contribution in [0, 0.1) is 4.91 Å². The Labute approximate surface area is 135 Å². The SMILES string of the molecule is CCOC(=O)CCCCP(=O)(OCC)Oc1ccc(N=O)cc1. The van der Waals surface area contributed by atoms with Gasteiger partial charge in [0, 0.05) is 6.42 Å². The summed E-state index contributed by atoms with van der Waals surface area (Å²) in [7, 11) is -3.30. The van der Waals surface area contributed by atoms with Crippen molar-refractivity contribution >= 4 is 19.3 Å². The van der Waals surface area contributed by atoms with Crippen LogP contribution in [0.25, 0.3) is 0 Å². The molecule has 1 unspecified atom stereocenters. The Morgan fingerprint density at radius 2 is 1.83 bits per heavy atom. The van der Waals surface area contributed by atoms with E-state index in [1.165, 1.54) is 24.3 Å². The number of unbranched alkanes of at least 4 members (excludes halogenated alkanes) is 1. The van der Waals surface area contributed by atoms with Crippen molar-refractivity contribution in [2.24, 2.45) is 5.18 Å². The third-order valence-electron chi connectivity index (χ3n) is 2.88. The number of carbonyl (C=O) groups excluding carboxylic acids is 1. The van der Waals surface area contributed by atoms with Gasteiger partial charge in [-0.1, -0.05) is 0 Å². The van der Waals surface area contributed by atoms with Crippen LogP contribution < -0.4 is 4.52 Å². The molecule has 1 atom stereocenters.